The first kappa shape index (κ1) is 14.2. The average Bonchev–Trinajstić information content (AvgIpc) is 3.12. The Hall–Kier alpha value is -1.36. The summed E-state index contributed by atoms with van der Waals surface area (Å²) in [7, 11) is 0. The molecule has 0 unspecified atom stereocenters. The molecule has 1 amide bonds. The summed E-state index contributed by atoms with van der Waals surface area (Å²) in [5.74, 6) is -0.291. The molecule has 3 aliphatic rings. The Kier molecular flexibility index (Phi) is 3.29. The number of benzene rings is 1. The molecule has 5 heteroatoms. The molecule has 22 heavy (non-hydrogen) atoms. The molecule has 0 aromatic heterocycles. The van der Waals surface area contributed by atoms with Crippen LogP contribution >= 0.6 is 15.9 Å². The van der Waals surface area contributed by atoms with Crippen molar-refractivity contribution in [2.75, 3.05) is 0 Å². The van der Waals surface area contributed by atoms with E-state index in [2.05, 4.69) is 21.2 Å². The molecule has 4 rings (SSSR count). The molecule has 0 spiro atoms. The van der Waals surface area contributed by atoms with E-state index in [1.165, 1.54) is 0 Å². The zero-order valence-electron chi connectivity index (χ0n) is 12.2. The fraction of sp³-hybridized carbons (Fsp3) is 0.529. The fourth-order valence-electron chi connectivity index (χ4n) is 4.47. The van der Waals surface area contributed by atoms with Crippen molar-refractivity contribution in [1.82, 2.24) is 5.32 Å². The lowest BCUT2D eigenvalue weighted by Gasteiger charge is -2.28. The van der Waals surface area contributed by atoms with Gasteiger partial charge in [-0.3, -0.25) is 9.59 Å². The molecule has 2 bridgehead atoms. The predicted molar refractivity (Wildman–Crippen MR) is 84.2 cm³/mol. The van der Waals surface area contributed by atoms with Crippen molar-refractivity contribution < 1.29 is 14.3 Å². The molecular formula is C17H18BrNO3. The lowest BCUT2D eigenvalue weighted by molar-refractivity contribution is -0.146. The Morgan fingerprint density at radius 1 is 1.32 bits per heavy atom. The van der Waals surface area contributed by atoms with E-state index in [4.69, 9.17) is 4.74 Å². The fourth-order valence-corrected chi connectivity index (χ4v) is 5.51. The van der Waals surface area contributed by atoms with Crippen molar-refractivity contribution in [3.8, 4) is 0 Å². The monoisotopic (exact) mass is 363 g/mol. The van der Waals surface area contributed by atoms with Gasteiger partial charge in [-0.1, -0.05) is 46.3 Å². The summed E-state index contributed by atoms with van der Waals surface area (Å²) in [4.78, 5) is 25.0. The number of amides is 1. The van der Waals surface area contributed by atoms with Crippen molar-refractivity contribution in [2.24, 2.45) is 23.7 Å². The number of hydrogen-bond acceptors (Lipinski definition) is 3. The number of alkyl halides is 1. The first-order chi connectivity index (χ1) is 10.6. The smallest absolute Gasteiger partial charge is 0.310 e. The third kappa shape index (κ3) is 1.94. The Balaban J connectivity index is 1.53. The van der Waals surface area contributed by atoms with Crippen molar-refractivity contribution in [3.05, 3.63) is 35.9 Å². The van der Waals surface area contributed by atoms with E-state index in [0.29, 0.717) is 0 Å². The summed E-state index contributed by atoms with van der Waals surface area (Å²) in [6, 6.07) is 9.82. The molecule has 1 aliphatic heterocycles. The van der Waals surface area contributed by atoms with Gasteiger partial charge < -0.3 is 10.1 Å². The van der Waals surface area contributed by atoms with Crippen LogP contribution in [0.5, 0.6) is 0 Å². The molecular weight excluding hydrogens is 346 g/mol. The highest BCUT2D eigenvalue weighted by Crippen LogP contribution is 2.59. The summed E-state index contributed by atoms with van der Waals surface area (Å²) >= 11 is 3.64. The van der Waals surface area contributed by atoms with Crippen LogP contribution in [0.4, 0.5) is 0 Å². The Labute approximate surface area is 137 Å². The van der Waals surface area contributed by atoms with Crippen LogP contribution in [-0.4, -0.2) is 22.8 Å². The first-order valence-electron chi connectivity index (χ1n) is 7.78. The Morgan fingerprint density at radius 3 is 2.77 bits per heavy atom. The van der Waals surface area contributed by atoms with Crippen molar-refractivity contribution in [3.63, 3.8) is 0 Å². The van der Waals surface area contributed by atoms with E-state index < -0.39 is 0 Å². The molecule has 2 saturated carbocycles. The van der Waals surface area contributed by atoms with E-state index in [1.54, 1.807) is 0 Å². The minimum Gasteiger partial charge on any atom is -0.461 e. The van der Waals surface area contributed by atoms with Gasteiger partial charge in [0, 0.05) is 5.92 Å². The predicted octanol–water partition coefficient (Wildman–Crippen LogP) is 2.43. The van der Waals surface area contributed by atoms with Gasteiger partial charge in [-0.15, -0.1) is 0 Å². The lowest BCUT2D eigenvalue weighted by Crippen LogP contribution is -2.43. The van der Waals surface area contributed by atoms with E-state index in [1.807, 2.05) is 37.3 Å². The maximum Gasteiger partial charge on any atom is 0.310 e. The molecule has 1 aromatic carbocycles. The quantitative estimate of drug-likeness (QED) is 0.662. The highest BCUT2D eigenvalue weighted by molar-refractivity contribution is 9.09. The Morgan fingerprint density at radius 2 is 2.05 bits per heavy atom. The first-order valence-corrected chi connectivity index (χ1v) is 8.69. The zero-order valence-corrected chi connectivity index (χ0v) is 13.8. The van der Waals surface area contributed by atoms with Gasteiger partial charge in [0.2, 0.25) is 5.91 Å². The van der Waals surface area contributed by atoms with Gasteiger partial charge >= 0.3 is 5.97 Å². The molecule has 1 saturated heterocycles. The molecule has 3 fully saturated rings. The number of rotatable bonds is 3. The topological polar surface area (TPSA) is 55.4 Å². The van der Waals surface area contributed by atoms with Gasteiger partial charge in [0.05, 0.1) is 22.7 Å². The summed E-state index contributed by atoms with van der Waals surface area (Å²) in [6.07, 6.45) is 0.882. The second-order valence-corrected chi connectivity index (χ2v) is 7.66. The SMILES string of the molecule is C[C@H](NC(=O)[C@@H]1[C@H]2C[C@H]3[C@H](OC(=O)[C@@H]31)[C@H]2Br)c1ccccc1. The van der Waals surface area contributed by atoms with Crippen molar-refractivity contribution >= 4 is 27.8 Å². The minimum absolute atomic E-state index is 0.0180. The zero-order chi connectivity index (χ0) is 15.4. The van der Waals surface area contributed by atoms with Crippen LogP contribution in [0.1, 0.15) is 24.9 Å². The van der Waals surface area contributed by atoms with Crippen LogP contribution < -0.4 is 5.32 Å². The van der Waals surface area contributed by atoms with E-state index in [0.717, 1.165) is 12.0 Å². The maximum atomic E-state index is 12.8. The number of ether oxygens (including phenoxy) is 1. The molecule has 1 aromatic rings. The molecule has 0 radical (unpaired) electrons. The average molecular weight is 364 g/mol. The van der Waals surface area contributed by atoms with Crippen LogP contribution in [0.25, 0.3) is 0 Å². The third-order valence-electron chi connectivity index (χ3n) is 5.48. The standard InChI is InChI=1S/C17H18BrNO3/c1-8(9-5-3-2-4-6-9)19-16(20)12-10-7-11-13(12)17(21)22-15(11)14(10)18/h2-6,8,10-15H,7H2,1H3,(H,19,20)/t8-,10+,11+,12+,13-,14-,15-/m0/s1. The van der Waals surface area contributed by atoms with Gasteiger partial charge in [0.15, 0.2) is 0 Å². The second-order valence-electron chi connectivity index (χ2n) is 6.60. The van der Waals surface area contributed by atoms with Crippen LogP contribution in [0.3, 0.4) is 0 Å². The molecule has 7 atom stereocenters. The normalized spacial score (nSPS) is 39.6. The summed E-state index contributed by atoms with van der Waals surface area (Å²) in [5, 5.41) is 3.08. The summed E-state index contributed by atoms with van der Waals surface area (Å²) in [5.41, 5.74) is 1.07. The highest BCUT2D eigenvalue weighted by Gasteiger charge is 2.67. The summed E-state index contributed by atoms with van der Waals surface area (Å²) < 4.78 is 5.46. The molecule has 1 heterocycles. The number of hydrogen-bond donors (Lipinski definition) is 1. The third-order valence-corrected chi connectivity index (χ3v) is 6.68. The van der Waals surface area contributed by atoms with Crippen LogP contribution in [0.2, 0.25) is 0 Å². The van der Waals surface area contributed by atoms with E-state index in [9.17, 15) is 9.59 Å². The number of halogens is 1. The largest absolute Gasteiger partial charge is 0.461 e. The van der Waals surface area contributed by atoms with Crippen molar-refractivity contribution in [1.29, 1.82) is 0 Å². The highest BCUT2D eigenvalue weighted by atomic mass is 79.9. The second kappa shape index (κ2) is 5.08. The number of nitrogens with one attached hydrogen (secondary N) is 1. The number of carbonyl (C=O) groups excluding carboxylic acids is 2. The van der Waals surface area contributed by atoms with Crippen LogP contribution in [0.15, 0.2) is 30.3 Å². The summed E-state index contributed by atoms with van der Waals surface area (Å²) in [6.45, 7) is 1.97. The molecule has 1 N–H and O–H groups in total. The maximum absolute atomic E-state index is 12.8. The number of fused-ring (bicyclic) bond motifs is 1. The van der Waals surface area contributed by atoms with Gasteiger partial charge in [-0.05, 0) is 24.8 Å². The lowest BCUT2D eigenvalue weighted by atomic mass is 9.79. The van der Waals surface area contributed by atoms with Crippen LogP contribution in [-0.2, 0) is 14.3 Å². The molecule has 4 nitrogen and oxygen atoms in total. The van der Waals surface area contributed by atoms with Gasteiger partial charge in [-0.25, -0.2) is 0 Å². The Bertz CT molecular complexity index is 620. The van der Waals surface area contributed by atoms with Crippen molar-refractivity contribution in [2.45, 2.75) is 30.3 Å². The van der Waals surface area contributed by atoms with Gasteiger partial charge in [0.25, 0.3) is 0 Å². The molecule has 116 valence electrons. The number of carbonyl (C=O) groups is 2. The van der Waals surface area contributed by atoms with Gasteiger partial charge in [-0.2, -0.15) is 0 Å². The van der Waals surface area contributed by atoms with Gasteiger partial charge in [0.1, 0.15) is 6.10 Å². The van der Waals surface area contributed by atoms with E-state index >= 15 is 0 Å². The minimum atomic E-state index is -0.258. The molecule has 2 aliphatic carbocycles. The van der Waals surface area contributed by atoms with Crippen LogP contribution in [0, 0.1) is 23.7 Å². The number of esters is 1. The van der Waals surface area contributed by atoms with E-state index in [-0.39, 0.29) is 52.5 Å².